The van der Waals surface area contributed by atoms with Crippen LogP contribution >= 0.6 is 17.1 Å². The lowest BCUT2D eigenvalue weighted by Crippen LogP contribution is -2.31. The van der Waals surface area contributed by atoms with E-state index in [4.69, 9.17) is 22.6 Å². The Morgan fingerprint density at radius 2 is 1.59 bits per heavy atom. The summed E-state index contributed by atoms with van der Waals surface area (Å²) in [6, 6.07) is 10.2. The van der Waals surface area contributed by atoms with Crippen molar-refractivity contribution < 1.29 is 22.6 Å². The topological polar surface area (TPSA) is 49.4 Å². The standard InChI is InChI=1S/C14H21NO5P2/c1-12(15(2)21-16-8-9-17-21)14(13-6-4-3-5-7-13)20-22-18-10-11-19-22/h3-7,12,14H,8-11H2,1-2H3/t12-,14-/m1/s1. The molecule has 0 aromatic heterocycles. The SMILES string of the molecule is C[C@H]([C@@H](OP1OCCO1)c1ccccc1)N(C)P1OCCO1. The third kappa shape index (κ3) is 4.02. The van der Waals surface area contributed by atoms with Crippen LogP contribution in [0, 0.1) is 0 Å². The summed E-state index contributed by atoms with van der Waals surface area (Å²) in [6.45, 7) is 4.60. The van der Waals surface area contributed by atoms with Crippen LogP contribution in [0.15, 0.2) is 30.3 Å². The van der Waals surface area contributed by atoms with Crippen LogP contribution in [0.3, 0.4) is 0 Å². The lowest BCUT2D eigenvalue weighted by molar-refractivity contribution is 0.106. The molecule has 2 saturated heterocycles. The Balaban J connectivity index is 1.74. The first-order valence-corrected chi connectivity index (χ1v) is 9.54. The molecular formula is C14H21NO5P2. The Hall–Kier alpha value is -0.160. The molecule has 1 aromatic carbocycles. The van der Waals surface area contributed by atoms with Crippen LogP contribution in [-0.4, -0.2) is 44.2 Å². The van der Waals surface area contributed by atoms with Crippen LogP contribution in [-0.2, 0) is 22.6 Å². The van der Waals surface area contributed by atoms with Crippen molar-refractivity contribution in [3.05, 3.63) is 35.9 Å². The quantitative estimate of drug-likeness (QED) is 0.734. The normalized spacial score (nSPS) is 23.2. The third-order valence-corrected chi connectivity index (χ3v) is 6.45. The molecule has 2 heterocycles. The highest BCUT2D eigenvalue weighted by molar-refractivity contribution is 7.44. The number of hydrogen-bond acceptors (Lipinski definition) is 6. The summed E-state index contributed by atoms with van der Waals surface area (Å²) in [6.07, 6.45) is -0.161. The van der Waals surface area contributed by atoms with E-state index < -0.39 is 17.1 Å². The van der Waals surface area contributed by atoms with E-state index in [1.54, 1.807) is 0 Å². The number of hydrogen-bond donors (Lipinski definition) is 0. The average Bonchev–Trinajstić information content (AvgIpc) is 3.25. The van der Waals surface area contributed by atoms with E-state index in [9.17, 15) is 0 Å². The summed E-state index contributed by atoms with van der Waals surface area (Å²) in [4.78, 5) is 0. The van der Waals surface area contributed by atoms with Crippen molar-refractivity contribution in [3.63, 3.8) is 0 Å². The molecule has 0 saturated carbocycles. The molecule has 0 radical (unpaired) electrons. The molecule has 122 valence electrons. The van der Waals surface area contributed by atoms with Crippen LogP contribution in [0.5, 0.6) is 0 Å². The Bertz CT molecular complexity index is 454. The molecule has 8 heteroatoms. The van der Waals surface area contributed by atoms with Crippen molar-refractivity contribution in [2.75, 3.05) is 33.5 Å². The predicted octanol–water partition coefficient (Wildman–Crippen LogP) is 3.61. The Kier molecular flexibility index (Phi) is 6.14. The summed E-state index contributed by atoms with van der Waals surface area (Å²) < 4.78 is 30.5. The van der Waals surface area contributed by atoms with Crippen molar-refractivity contribution >= 4 is 17.1 Å². The molecule has 0 amide bonds. The second-order valence-corrected chi connectivity index (χ2v) is 7.84. The molecule has 0 aliphatic carbocycles. The molecule has 2 fully saturated rings. The molecule has 2 aliphatic rings. The van der Waals surface area contributed by atoms with Gasteiger partial charge in [-0.15, -0.1) is 0 Å². The van der Waals surface area contributed by atoms with Gasteiger partial charge in [0.05, 0.1) is 26.4 Å². The van der Waals surface area contributed by atoms with Crippen LogP contribution < -0.4 is 0 Å². The third-order valence-electron chi connectivity index (χ3n) is 3.58. The summed E-state index contributed by atoms with van der Waals surface area (Å²) in [7, 11) is -0.282. The van der Waals surface area contributed by atoms with Gasteiger partial charge in [0.25, 0.3) is 8.53 Å². The molecule has 0 spiro atoms. The van der Waals surface area contributed by atoms with E-state index in [2.05, 4.69) is 23.7 Å². The molecule has 0 N–H and O–H groups in total. The maximum atomic E-state index is 6.12. The molecule has 0 unspecified atom stereocenters. The Morgan fingerprint density at radius 3 is 2.23 bits per heavy atom. The minimum Gasteiger partial charge on any atom is -0.320 e. The number of likely N-dealkylation sites (N-methyl/N-ethyl adjacent to an activating group) is 1. The monoisotopic (exact) mass is 345 g/mol. The highest BCUT2D eigenvalue weighted by Crippen LogP contribution is 2.52. The fourth-order valence-electron chi connectivity index (χ4n) is 2.28. The van der Waals surface area contributed by atoms with Gasteiger partial charge in [-0.3, -0.25) is 0 Å². The van der Waals surface area contributed by atoms with Gasteiger partial charge in [-0.05, 0) is 19.5 Å². The molecule has 22 heavy (non-hydrogen) atoms. The molecule has 2 aliphatic heterocycles. The first-order valence-electron chi connectivity index (χ1n) is 7.32. The minimum atomic E-state index is -1.28. The van der Waals surface area contributed by atoms with E-state index in [0.29, 0.717) is 26.4 Å². The van der Waals surface area contributed by atoms with Gasteiger partial charge in [-0.1, -0.05) is 30.3 Å². The van der Waals surface area contributed by atoms with Crippen molar-refractivity contribution in [1.29, 1.82) is 0 Å². The van der Waals surface area contributed by atoms with E-state index in [-0.39, 0.29) is 12.1 Å². The lowest BCUT2D eigenvalue weighted by Gasteiger charge is -2.33. The Morgan fingerprint density at radius 1 is 1.00 bits per heavy atom. The summed E-state index contributed by atoms with van der Waals surface area (Å²) in [5.41, 5.74) is 1.10. The molecule has 3 rings (SSSR count). The largest absolute Gasteiger partial charge is 0.333 e. The van der Waals surface area contributed by atoms with Crippen LogP contribution in [0.25, 0.3) is 0 Å². The van der Waals surface area contributed by atoms with Crippen molar-refractivity contribution in [1.82, 2.24) is 4.67 Å². The average molecular weight is 345 g/mol. The molecule has 6 nitrogen and oxygen atoms in total. The maximum Gasteiger partial charge on any atom is 0.333 e. The van der Waals surface area contributed by atoms with Gasteiger partial charge in [-0.2, -0.15) is 0 Å². The molecule has 0 bridgehead atoms. The van der Waals surface area contributed by atoms with Gasteiger partial charge >= 0.3 is 8.60 Å². The van der Waals surface area contributed by atoms with E-state index in [0.717, 1.165) is 5.56 Å². The highest BCUT2D eigenvalue weighted by atomic mass is 31.2. The van der Waals surface area contributed by atoms with Gasteiger partial charge in [-0.25, -0.2) is 4.67 Å². The van der Waals surface area contributed by atoms with Gasteiger partial charge < -0.3 is 22.6 Å². The highest BCUT2D eigenvalue weighted by Gasteiger charge is 2.35. The van der Waals surface area contributed by atoms with Crippen molar-refractivity contribution in [2.45, 2.75) is 19.1 Å². The van der Waals surface area contributed by atoms with Crippen LogP contribution in [0.2, 0.25) is 0 Å². The summed E-state index contributed by atoms with van der Waals surface area (Å²) in [5.74, 6) is 0. The van der Waals surface area contributed by atoms with Crippen LogP contribution in [0.1, 0.15) is 18.6 Å². The zero-order valence-electron chi connectivity index (χ0n) is 12.8. The van der Waals surface area contributed by atoms with Gasteiger partial charge in [0.15, 0.2) is 0 Å². The van der Waals surface area contributed by atoms with Gasteiger partial charge in [0.1, 0.15) is 6.10 Å². The van der Waals surface area contributed by atoms with Gasteiger partial charge in [0.2, 0.25) is 0 Å². The second kappa shape index (κ2) is 8.09. The van der Waals surface area contributed by atoms with Gasteiger partial charge in [0, 0.05) is 6.04 Å². The number of benzene rings is 1. The lowest BCUT2D eigenvalue weighted by atomic mass is 10.0. The first kappa shape index (κ1) is 16.7. The fraction of sp³-hybridized carbons (Fsp3) is 0.571. The second-order valence-electron chi connectivity index (χ2n) is 5.05. The molecule has 1 aromatic rings. The van der Waals surface area contributed by atoms with E-state index in [1.165, 1.54) is 0 Å². The summed E-state index contributed by atoms with van der Waals surface area (Å²) >= 11 is 0. The zero-order valence-corrected chi connectivity index (χ0v) is 14.5. The molecule has 2 atom stereocenters. The number of rotatable bonds is 6. The Labute approximate surface area is 133 Å². The fourth-order valence-corrected chi connectivity index (χ4v) is 4.72. The predicted molar refractivity (Wildman–Crippen MR) is 85.1 cm³/mol. The smallest absolute Gasteiger partial charge is 0.320 e. The number of nitrogens with zero attached hydrogens (tertiary/aromatic N) is 1. The maximum absolute atomic E-state index is 6.12. The van der Waals surface area contributed by atoms with E-state index in [1.807, 2.05) is 25.2 Å². The zero-order chi connectivity index (χ0) is 15.4. The van der Waals surface area contributed by atoms with E-state index >= 15 is 0 Å². The minimum absolute atomic E-state index is 0.0712. The van der Waals surface area contributed by atoms with Crippen molar-refractivity contribution in [2.24, 2.45) is 0 Å². The first-order chi connectivity index (χ1) is 10.8. The van der Waals surface area contributed by atoms with Crippen molar-refractivity contribution in [3.8, 4) is 0 Å². The summed E-state index contributed by atoms with van der Waals surface area (Å²) in [5, 5.41) is 0. The van der Waals surface area contributed by atoms with Crippen LogP contribution in [0.4, 0.5) is 0 Å². The molecular weight excluding hydrogens is 324 g/mol.